The maximum Gasteiger partial charge on any atom is 0.265 e. The minimum atomic E-state index is -0.326. The zero-order chi connectivity index (χ0) is 9.56. The molecule has 0 amide bonds. The van der Waals surface area contributed by atoms with Crippen molar-refractivity contribution in [2.45, 2.75) is 20.8 Å². The molecule has 1 rings (SSSR count). The summed E-state index contributed by atoms with van der Waals surface area (Å²) in [6.07, 6.45) is 1.57. The average molecular weight is 164 g/mol. The predicted octanol–water partition coefficient (Wildman–Crippen LogP) is 1.58. The first-order valence-corrected chi connectivity index (χ1v) is 3.83. The van der Waals surface area contributed by atoms with E-state index >= 15 is 0 Å². The third-order valence-electron chi connectivity index (χ3n) is 1.17. The smallest absolute Gasteiger partial charge is 0.265 e. The minimum absolute atomic E-state index is 0.167. The van der Waals surface area contributed by atoms with Crippen LogP contribution in [0.1, 0.15) is 25.0 Å². The Kier molecular flexibility index (Phi) is 4.47. The van der Waals surface area contributed by atoms with Crippen molar-refractivity contribution in [3.63, 3.8) is 0 Å². The number of H-pyrrole nitrogens is 1. The van der Waals surface area contributed by atoms with E-state index in [1.165, 1.54) is 0 Å². The van der Waals surface area contributed by atoms with Crippen LogP contribution in [0, 0.1) is 18.3 Å². The molecule has 0 aromatic carbocycles. The Bertz CT molecular complexity index is 333. The monoisotopic (exact) mass is 164 g/mol. The van der Waals surface area contributed by atoms with Crippen LogP contribution in [0.5, 0.6) is 0 Å². The molecule has 1 N–H and O–H groups in total. The van der Waals surface area contributed by atoms with E-state index in [-0.39, 0.29) is 11.1 Å². The lowest BCUT2D eigenvalue weighted by atomic mass is 10.2. The third kappa shape index (κ3) is 2.59. The fraction of sp³-hybridized carbons (Fsp3) is 0.333. The van der Waals surface area contributed by atoms with Gasteiger partial charge in [-0.15, -0.1) is 0 Å². The van der Waals surface area contributed by atoms with Gasteiger partial charge in [0.05, 0.1) is 0 Å². The summed E-state index contributed by atoms with van der Waals surface area (Å²) in [5.41, 5.74) is 0.726. The second kappa shape index (κ2) is 5.14. The maximum atomic E-state index is 10.7. The van der Waals surface area contributed by atoms with Crippen LogP contribution in [0.25, 0.3) is 0 Å². The molecule has 0 saturated carbocycles. The maximum absolute atomic E-state index is 10.7. The molecule has 3 nitrogen and oxygen atoms in total. The van der Waals surface area contributed by atoms with Gasteiger partial charge >= 0.3 is 0 Å². The van der Waals surface area contributed by atoms with Gasteiger partial charge in [-0.05, 0) is 18.6 Å². The van der Waals surface area contributed by atoms with E-state index in [0.29, 0.717) is 0 Å². The van der Waals surface area contributed by atoms with Gasteiger partial charge in [-0.3, -0.25) is 4.79 Å². The fourth-order valence-corrected chi connectivity index (χ4v) is 0.675. The Balaban J connectivity index is 0.000000561. The van der Waals surface area contributed by atoms with Crippen molar-refractivity contribution in [3.8, 4) is 6.07 Å². The molecule has 12 heavy (non-hydrogen) atoms. The molecule has 0 atom stereocenters. The Labute approximate surface area is 71.7 Å². The van der Waals surface area contributed by atoms with Gasteiger partial charge < -0.3 is 4.98 Å². The lowest BCUT2D eigenvalue weighted by Gasteiger charge is -1.89. The second-order valence-electron chi connectivity index (χ2n) is 2.03. The number of hydrogen-bond acceptors (Lipinski definition) is 2. The van der Waals surface area contributed by atoms with Crippen LogP contribution < -0.4 is 5.56 Å². The minimum Gasteiger partial charge on any atom is -0.328 e. The summed E-state index contributed by atoms with van der Waals surface area (Å²) in [6.45, 7) is 5.82. The van der Waals surface area contributed by atoms with Gasteiger partial charge in [0.2, 0.25) is 0 Å². The Morgan fingerprint density at radius 2 is 2.08 bits per heavy atom. The second-order valence-corrected chi connectivity index (χ2v) is 2.03. The largest absolute Gasteiger partial charge is 0.328 e. The number of pyridine rings is 1. The van der Waals surface area contributed by atoms with Crippen LogP contribution in [0.4, 0.5) is 0 Å². The topological polar surface area (TPSA) is 56.6 Å². The van der Waals surface area contributed by atoms with Gasteiger partial charge in [0.25, 0.3) is 5.56 Å². The van der Waals surface area contributed by atoms with Gasteiger partial charge in [-0.1, -0.05) is 13.8 Å². The summed E-state index contributed by atoms with van der Waals surface area (Å²) in [6, 6.07) is 3.35. The summed E-state index contributed by atoms with van der Waals surface area (Å²) in [7, 11) is 0. The number of rotatable bonds is 0. The number of nitrogens with one attached hydrogen (secondary N) is 1. The first kappa shape index (κ1) is 10.4. The molecule has 0 bridgehead atoms. The number of aromatic amines is 1. The van der Waals surface area contributed by atoms with E-state index < -0.39 is 0 Å². The van der Waals surface area contributed by atoms with Crippen molar-refractivity contribution in [1.29, 1.82) is 5.26 Å². The molecular weight excluding hydrogens is 152 g/mol. The van der Waals surface area contributed by atoms with Gasteiger partial charge in [-0.25, -0.2) is 0 Å². The summed E-state index contributed by atoms with van der Waals surface area (Å²) >= 11 is 0. The highest BCUT2D eigenvalue weighted by molar-refractivity contribution is 5.28. The van der Waals surface area contributed by atoms with Crippen LogP contribution in [-0.4, -0.2) is 4.98 Å². The summed E-state index contributed by atoms with van der Waals surface area (Å²) in [5, 5.41) is 8.37. The highest BCUT2D eigenvalue weighted by atomic mass is 16.1. The number of aromatic nitrogens is 1. The highest BCUT2D eigenvalue weighted by Gasteiger charge is 1.94. The van der Waals surface area contributed by atoms with Crippen LogP contribution >= 0.6 is 0 Å². The molecule has 0 saturated heterocycles. The van der Waals surface area contributed by atoms with Crippen LogP contribution in [0.3, 0.4) is 0 Å². The van der Waals surface area contributed by atoms with Crippen molar-refractivity contribution in [2.24, 2.45) is 0 Å². The summed E-state index contributed by atoms with van der Waals surface area (Å²) in [5.74, 6) is 0. The molecule has 0 aliphatic rings. The first-order valence-electron chi connectivity index (χ1n) is 3.83. The zero-order valence-electron chi connectivity index (χ0n) is 7.51. The molecular formula is C9H12N2O. The number of nitrogens with zero attached hydrogens (tertiary/aromatic N) is 1. The Morgan fingerprint density at radius 1 is 1.50 bits per heavy atom. The lowest BCUT2D eigenvalue weighted by Crippen LogP contribution is -2.08. The fourth-order valence-electron chi connectivity index (χ4n) is 0.675. The van der Waals surface area contributed by atoms with Crippen molar-refractivity contribution in [3.05, 3.63) is 33.7 Å². The molecule has 1 aromatic heterocycles. The number of aryl methyl sites for hydroxylation is 1. The van der Waals surface area contributed by atoms with E-state index in [4.69, 9.17) is 5.26 Å². The summed E-state index contributed by atoms with van der Waals surface area (Å²) in [4.78, 5) is 13.2. The molecule has 0 unspecified atom stereocenters. The van der Waals surface area contributed by atoms with E-state index in [0.717, 1.165) is 5.56 Å². The summed E-state index contributed by atoms with van der Waals surface area (Å²) < 4.78 is 0. The Morgan fingerprint density at radius 3 is 2.50 bits per heavy atom. The van der Waals surface area contributed by atoms with Crippen molar-refractivity contribution in [2.75, 3.05) is 0 Å². The highest BCUT2D eigenvalue weighted by Crippen LogP contribution is 1.92. The molecule has 0 aliphatic heterocycles. The number of nitriles is 1. The van der Waals surface area contributed by atoms with E-state index in [2.05, 4.69) is 4.98 Å². The molecule has 3 heteroatoms. The molecule has 0 spiro atoms. The molecule has 0 aliphatic carbocycles. The van der Waals surface area contributed by atoms with Gasteiger partial charge in [0.1, 0.15) is 11.6 Å². The van der Waals surface area contributed by atoms with Crippen molar-refractivity contribution < 1.29 is 0 Å². The molecule has 0 radical (unpaired) electrons. The van der Waals surface area contributed by atoms with Gasteiger partial charge in [0.15, 0.2) is 0 Å². The Hall–Kier alpha value is -1.56. The third-order valence-corrected chi connectivity index (χ3v) is 1.17. The van der Waals surface area contributed by atoms with Crippen molar-refractivity contribution in [1.82, 2.24) is 4.98 Å². The van der Waals surface area contributed by atoms with Crippen LogP contribution in [0.15, 0.2) is 17.1 Å². The van der Waals surface area contributed by atoms with Crippen LogP contribution in [-0.2, 0) is 0 Å². The zero-order valence-corrected chi connectivity index (χ0v) is 7.51. The standard InChI is InChI=1S/C7H6N2O.C2H6/c1-5-2-6(3-8)7(10)9-4-5;1-2/h2,4H,1H3,(H,9,10);1-2H3. The average Bonchev–Trinajstić information content (AvgIpc) is 2.13. The quantitative estimate of drug-likeness (QED) is 0.632. The van der Waals surface area contributed by atoms with Crippen LogP contribution in [0.2, 0.25) is 0 Å². The predicted molar refractivity (Wildman–Crippen MR) is 47.9 cm³/mol. The molecule has 1 aromatic rings. The lowest BCUT2D eigenvalue weighted by molar-refractivity contribution is 1.18. The van der Waals surface area contributed by atoms with E-state index in [1.807, 2.05) is 20.8 Å². The molecule has 0 fully saturated rings. The normalized spacial score (nSPS) is 7.83. The first-order chi connectivity index (χ1) is 5.74. The van der Waals surface area contributed by atoms with Crippen molar-refractivity contribution >= 4 is 0 Å². The number of hydrogen-bond donors (Lipinski definition) is 1. The molecule has 64 valence electrons. The SMILES string of the molecule is CC.Cc1c[nH]c(=O)c(C#N)c1. The van der Waals surface area contributed by atoms with E-state index in [9.17, 15) is 4.79 Å². The van der Waals surface area contributed by atoms with Gasteiger partial charge in [0, 0.05) is 6.20 Å². The molecule has 1 heterocycles. The van der Waals surface area contributed by atoms with E-state index in [1.54, 1.807) is 18.3 Å². The van der Waals surface area contributed by atoms with Gasteiger partial charge in [-0.2, -0.15) is 5.26 Å².